The topological polar surface area (TPSA) is 104 Å². The van der Waals surface area contributed by atoms with Crippen molar-refractivity contribution in [2.75, 3.05) is 5.73 Å². The Labute approximate surface area is 106 Å². The molecule has 0 aliphatic rings. The van der Waals surface area contributed by atoms with Gasteiger partial charge in [-0.15, -0.1) is 0 Å². The van der Waals surface area contributed by atoms with Gasteiger partial charge in [-0.1, -0.05) is 28.9 Å². The van der Waals surface area contributed by atoms with E-state index in [1.807, 2.05) is 12.1 Å². The second-order valence-electron chi connectivity index (χ2n) is 3.40. The molecule has 2 heterocycles. The Morgan fingerprint density at radius 2 is 1.94 bits per heavy atom. The van der Waals surface area contributed by atoms with E-state index < -0.39 is 0 Å². The monoisotopic (exact) mass is 263 g/mol. The quantitative estimate of drug-likeness (QED) is 0.754. The molecule has 0 aliphatic carbocycles. The summed E-state index contributed by atoms with van der Waals surface area (Å²) in [5.41, 5.74) is 6.39. The van der Waals surface area contributed by atoms with Crippen molar-refractivity contribution >= 4 is 17.4 Å². The lowest BCUT2D eigenvalue weighted by Crippen LogP contribution is -1.88. The van der Waals surface area contributed by atoms with Crippen molar-refractivity contribution in [3.05, 3.63) is 29.3 Å². The van der Waals surface area contributed by atoms with Crippen LogP contribution < -0.4 is 5.73 Å². The van der Waals surface area contributed by atoms with Crippen LogP contribution in [-0.2, 0) is 0 Å². The highest BCUT2D eigenvalue weighted by Crippen LogP contribution is 2.28. The zero-order valence-electron chi connectivity index (χ0n) is 8.87. The number of nitrogen functional groups attached to an aromatic ring is 1. The van der Waals surface area contributed by atoms with Crippen LogP contribution in [-0.4, -0.2) is 20.5 Å². The molecule has 7 nitrogen and oxygen atoms in total. The fraction of sp³-hybridized carbons (Fsp3) is 0. The first-order valence-corrected chi connectivity index (χ1v) is 5.30. The molecule has 3 rings (SSSR count). The maximum atomic E-state index is 6.03. The van der Waals surface area contributed by atoms with Gasteiger partial charge in [0, 0.05) is 5.56 Å². The van der Waals surface area contributed by atoms with Crippen molar-refractivity contribution < 1.29 is 9.15 Å². The molecule has 1 aromatic carbocycles. The largest absolute Gasteiger partial charge is 0.379 e. The molecule has 0 fully saturated rings. The second-order valence-corrected chi connectivity index (χ2v) is 3.81. The van der Waals surface area contributed by atoms with E-state index >= 15 is 0 Å². The first-order valence-electron chi connectivity index (χ1n) is 4.92. The highest BCUT2D eigenvalue weighted by atomic mass is 35.5. The lowest BCUT2D eigenvalue weighted by molar-refractivity contribution is 0.308. The van der Waals surface area contributed by atoms with Gasteiger partial charge in [0.05, 0.1) is 5.02 Å². The van der Waals surface area contributed by atoms with Crippen molar-refractivity contribution in [1.29, 1.82) is 0 Å². The van der Waals surface area contributed by atoms with Gasteiger partial charge in [0.15, 0.2) is 0 Å². The zero-order chi connectivity index (χ0) is 12.5. The molecule has 2 N–H and O–H groups in total. The maximum Gasteiger partial charge on any atom is 0.284 e. The van der Waals surface area contributed by atoms with E-state index in [0.717, 1.165) is 0 Å². The number of nitrogens with two attached hydrogens (primary N) is 1. The Morgan fingerprint density at radius 1 is 1.11 bits per heavy atom. The molecule has 0 unspecified atom stereocenters. The van der Waals surface area contributed by atoms with Crippen LogP contribution in [0.25, 0.3) is 23.0 Å². The van der Waals surface area contributed by atoms with E-state index in [4.69, 9.17) is 21.9 Å². The van der Waals surface area contributed by atoms with Crippen molar-refractivity contribution in [2.24, 2.45) is 0 Å². The fourth-order valence-corrected chi connectivity index (χ4v) is 1.64. The van der Waals surface area contributed by atoms with Gasteiger partial charge < -0.3 is 10.3 Å². The molecule has 8 heteroatoms. The summed E-state index contributed by atoms with van der Waals surface area (Å²) in [6, 6.07) is 7.15. The van der Waals surface area contributed by atoms with Crippen LogP contribution in [0, 0.1) is 0 Å². The minimum absolute atomic E-state index is 0.0874. The molecule has 3 aromatic rings. The van der Waals surface area contributed by atoms with Gasteiger partial charge in [-0.3, -0.25) is 0 Å². The number of hydrogen-bond donors (Lipinski definition) is 1. The maximum absolute atomic E-state index is 6.03. The van der Waals surface area contributed by atoms with Crippen LogP contribution in [0.5, 0.6) is 0 Å². The molecule has 0 amide bonds. The third-order valence-corrected chi connectivity index (χ3v) is 2.59. The number of hydrogen-bond acceptors (Lipinski definition) is 7. The van der Waals surface area contributed by atoms with Gasteiger partial charge in [-0.25, -0.2) is 4.63 Å². The van der Waals surface area contributed by atoms with Crippen molar-refractivity contribution in [3.63, 3.8) is 0 Å². The Hall–Kier alpha value is -2.41. The Kier molecular flexibility index (Phi) is 2.45. The van der Waals surface area contributed by atoms with E-state index in [2.05, 4.69) is 25.1 Å². The molecule has 2 aromatic heterocycles. The molecule has 0 saturated heterocycles. The Balaban J connectivity index is 2.05. The summed E-state index contributed by atoms with van der Waals surface area (Å²) in [7, 11) is 0. The van der Waals surface area contributed by atoms with Gasteiger partial charge in [0.1, 0.15) is 0 Å². The Morgan fingerprint density at radius 3 is 2.67 bits per heavy atom. The van der Waals surface area contributed by atoms with Gasteiger partial charge >= 0.3 is 0 Å². The number of aromatic nitrogens is 4. The van der Waals surface area contributed by atoms with E-state index in [0.29, 0.717) is 16.4 Å². The molecular formula is C10H6ClN5O2. The average Bonchev–Trinajstić information content (AvgIpc) is 2.98. The molecule has 0 saturated carbocycles. The van der Waals surface area contributed by atoms with Crippen molar-refractivity contribution in [3.8, 4) is 23.0 Å². The minimum Gasteiger partial charge on any atom is -0.379 e. The summed E-state index contributed by atoms with van der Waals surface area (Å²) in [5, 5.41) is 11.3. The highest BCUT2D eigenvalue weighted by molar-refractivity contribution is 6.33. The molecule has 0 spiro atoms. The van der Waals surface area contributed by atoms with Gasteiger partial charge in [0.2, 0.25) is 17.3 Å². The van der Waals surface area contributed by atoms with E-state index in [9.17, 15) is 0 Å². The molecular weight excluding hydrogens is 258 g/mol. The molecule has 0 aliphatic heterocycles. The number of rotatable bonds is 2. The number of benzene rings is 1. The summed E-state index contributed by atoms with van der Waals surface area (Å²) in [5.74, 6) is 0.561. The van der Waals surface area contributed by atoms with Gasteiger partial charge in [0.25, 0.3) is 5.89 Å². The Bertz CT molecular complexity index is 693. The van der Waals surface area contributed by atoms with Crippen molar-refractivity contribution in [1.82, 2.24) is 20.5 Å². The zero-order valence-corrected chi connectivity index (χ0v) is 9.63. The highest BCUT2D eigenvalue weighted by Gasteiger charge is 2.18. The van der Waals surface area contributed by atoms with Crippen LogP contribution in [0.1, 0.15) is 0 Å². The fourth-order valence-electron chi connectivity index (χ4n) is 1.42. The molecule has 0 atom stereocenters. The van der Waals surface area contributed by atoms with E-state index in [1.165, 1.54) is 0 Å². The number of anilines is 1. The van der Waals surface area contributed by atoms with Crippen LogP contribution in [0.3, 0.4) is 0 Å². The summed E-state index contributed by atoms with van der Waals surface area (Å²) in [4.78, 5) is 4.14. The lowest BCUT2D eigenvalue weighted by atomic mass is 10.2. The summed E-state index contributed by atoms with van der Waals surface area (Å²) in [6.45, 7) is 0. The average molecular weight is 264 g/mol. The normalized spacial score (nSPS) is 10.7. The molecule has 18 heavy (non-hydrogen) atoms. The minimum atomic E-state index is 0.0874. The van der Waals surface area contributed by atoms with Gasteiger partial charge in [-0.2, -0.15) is 4.98 Å². The predicted octanol–water partition coefficient (Wildman–Crippen LogP) is 2.02. The van der Waals surface area contributed by atoms with Crippen molar-refractivity contribution in [2.45, 2.75) is 0 Å². The number of halogens is 1. The number of nitrogens with zero attached hydrogens (tertiary/aromatic N) is 4. The van der Waals surface area contributed by atoms with Crippen LogP contribution in [0.4, 0.5) is 5.82 Å². The van der Waals surface area contributed by atoms with Gasteiger partial charge in [-0.05, 0) is 22.4 Å². The SMILES string of the molecule is Nc1nonc1-c1nc(-c2ccccc2Cl)no1. The van der Waals surface area contributed by atoms with Crippen LogP contribution in [0.15, 0.2) is 33.4 Å². The standard InChI is InChI=1S/C10H6ClN5O2/c11-6-4-2-1-3-5(6)9-13-10(17-16-9)7-8(12)15-18-14-7/h1-4H,(H2,12,15). The summed E-state index contributed by atoms with van der Waals surface area (Å²) in [6.07, 6.45) is 0. The predicted molar refractivity (Wildman–Crippen MR) is 62.4 cm³/mol. The third-order valence-electron chi connectivity index (χ3n) is 2.26. The lowest BCUT2D eigenvalue weighted by Gasteiger charge is -1.95. The summed E-state index contributed by atoms with van der Waals surface area (Å²) >= 11 is 6.03. The smallest absolute Gasteiger partial charge is 0.284 e. The first kappa shape index (κ1) is 10.7. The van der Waals surface area contributed by atoms with Crippen LogP contribution >= 0.6 is 11.6 Å². The van der Waals surface area contributed by atoms with E-state index in [-0.39, 0.29) is 17.4 Å². The van der Waals surface area contributed by atoms with E-state index in [1.54, 1.807) is 12.1 Å². The first-order chi connectivity index (χ1) is 8.75. The molecule has 90 valence electrons. The third kappa shape index (κ3) is 1.70. The molecule has 0 radical (unpaired) electrons. The second kappa shape index (κ2) is 4.11. The van der Waals surface area contributed by atoms with Crippen LogP contribution in [0.2, 0.25) is 5.02 Å². The summed E-state index contributed by atoms with van der Waals surface area (Å²) < 4.78 is 9.50. The molecule has 0 bridgehead atoms.